The number of carbonyl (C=O) groups excluding carboxylic acids is 2. The van der Waals surface area contributed by atoms with Crippen LogP contribution in [-0.2, 0) is 9.59 Å². The van der Waals surface area contributed by atoms with E-state index in [0.29, 0.717) is 32.2 Å². The van der Waals surface area contributed by atoms with Crippen molar-refractivity contribution in [3.63, 3.8) is 0 Å². The molecule has 0 amide bonds. The molecule has 1 saturated heterocycles. The Kier molecular flexibility index (Phi) is 3.41. The number of Topliss-reactive ketones (excluding diaryl/α,β-unsaturated/α-hetero) is 1. The molecule has 0 radical (unpaired) electrons. The quantitative estimate of drug-likeness (QED) is 0.234. The number of nitrogens with zero attached hydrogens (tertiary/aromatic N) is 1. The normalized spacial score (nSPS) is 19.7. The van der Waals surface area contributed by atoms with Crippen molar-refractivity contribution in [1.29, 1.82) is 5.41 Å². The van der Waals surface area contributed by atoms with Crippen LogP contribution in [0.1, 0.15) is 12.8 Å². The minimum atomic E-state index is -0.756. The van der Waals surface area contributed by atoms with Crippen LogP contribution in [0.3, 0.4) is 0 Å². The van der Waals surface area contributed by atoms with E-state index in [1.807, 2.05) is 0 Å². The van der Waals surface area contributed by atoms with Crippen molar-refractivity contribution in [3.05, 3.63) is 0 Å². The third kappa shape index (κ3) is 2.15. The topological polar surface area (TPSA) is 99.3 Å². The van der Waals surface area contributed by atoms with Crippen molar-refractivity contribution in [2.45, 2.75) is 18.4 Å². The number of aldehydes is 1. The van der Waals surface area contributed by atoms with Crippen LogP contribution in [0.25, 0.3) is 0 Å². The summed E-state index contributed by atoms with van der Waals surface area (Å²) in [7, 11) is 1.67. The number of likely N-dealkylation sites (tertiary alicyclic amines) is 1. The first kappa shape index (κ1) is 11.6. The summed E-state index contributed by atoms with van der Waals surface area (Å²) in [5.41, 5.74) is 4.58. The third-order valence-electron chi connectivity index (χ3n) is 3.01. The molecule has 0 spiro atoms. The second-order valence-corrected chi connectivity index (χ2v) is 3.69. The fraction of sp³-hybridized carbons (Fsp3) is 0.667. The number of rotatable bonds is 3. The van der Waals surface area contributed by atoms with Gasteiger partial charge in [-0.3, -0.25) is 15.0 Å². The van der Waals surface area contributed by atoms with Gasteiger partial charge in [-0.2, -0.15) is 0 Å². The van der Waals surface area contributed by atoms with Gasteiger partial charge in [0.1, 0.15) is 0 Å². The summed E-state index contributed by atoms with van der Waals surface area (Å²) >= 11 is 0. The molecule has 0 bridgehead atoms. The molecule has 1 heterocycles. The molecule has 0 unspecified atom stereocenters. The fourth-order valence-corrected chi connectivity index (χ4v) is 1.86. The molecule has 6 heteroatoms. The van der Waals surface area contributed by atoms with Gasteiger partial charge in [-0.05, 0) is 19.9 Å². The van der Waals surface area contributed by atoms with Gasteiger partial charge in [-0.25, -0.2) is 0 Å². The molecule has 0 aromatic heterocycles. The smallest absolute Gasteiger partial charge is 0.215 e. The number of hydrogen-bond acceptors (Lipinski definition) is 4. The van der Waals surface area contributed by atoms with Crippen molar-refractivity contribution < 1.29 is 9.59 Å². The van der Waals surface area contributed by atoms with E-state index >= 15 is 0 Å². The van der Waals surface area contributed by atoms with Gasteiger partial charge in [-0.15, -0.1) is 0 Å². The van der Waals surface area contributed by atoms with E-state index in [4.69, 9.17) is 11.1 Å². The molecule has 6 nitrogen and oxygen atoms in total. The highest BCUT2D eigenvalue weighted by Gasteiger charge is 2.39. The minimum absolute atomic E-state index is 0.0123. The van der Waals surface area contributed by atoms with Gasteiger partial charge >= 0.3 is 0 Å². The van der Waals surface area contributed by atoms with Crippen LogP contribution >= 0.6 is 0 Å². The largest absolute Gasteiger partial charge is 0.370 e. The molecule has 0 aromatic carbocycles. The first-order valence-corrected chi connectivity index (χ1v) is 4.83. The Morgan fingerprint density at radius 3 is 2.40 bits per heavy atom. The van der Waals surface area contributed by atoms with E-state index in [0.717, 1.165) is 0 Å². The Labute approximate surface area is 88.3 Å². The molecule has 84 valence electrons. The van der Waals surface area contributed by atoms with Gasteiger partial charge in [0.25, 0.3) is 0 Å². The van der Waals surface area contributed by atoms with Crippen LogP contribution < -0.4 is 11.1 Å². The number of guanidine groups is 1. The Bertz CT molecular complexity index is 282. The van der Waals surface area contributed by atoms with Crippen molar-refractivity contribution in [1.82, 2.24) is 10.2 Å². The lowest BCUT2D eigenvalue weighted by Crippen LogP contribution is -2.59. The summed E-state index contributed by atoms with van der Waals surface area (Å²) in [5, 5.41) is 10.2. The maximum absolute atomic E-state index is 11.5. The predicted molar refractivity (Wildman–Crippen MR) is 55.6 cm³/mol. The van der Waals surface area contributed by atoms with E-state index in [-0.39, 0.29) is 5.96 Å². The van der Waals surface area contributed by atoms with Crippen LogP contribution in [0.2, 0.25) is 0 Å². The van der Waals surface area contributed by atoms with Crippen molar-refractivity contribution in [2.75, 3.05) is 20.1 Å². The standard InChI is InChI=1S/C9H16N4O2/c1-12-9(7(15)6-14)2-4-13(5-3-9)8(10)11/h6,12H,2-5H2,1H3,(H3,10,11). The average molecular weight is 212 g/mol. The second kappa shape index (κ2) is 4.39. The fourth-order valence-electron chi connectivity index (χ4n) is 1.86. The molecule has 1 aliphatic rings. The number of piperidine rings is 1. The molecule has 1 aliphatic heterocycles. The summed E-state index contributed by atoms with van der Waals surface area (Å²) in [4.78, 5) is 23.7. The molecule has 0 aliphatic carbocycles. The van der Waals surface area contributed by atoms with E-state index in [2.05, 4.69) is 5.32 Å². The molecular formula is C9H16N4O2. The summed E-state index contributed by atoms with van der Waals surface area (Å²) in [5.74, 6) is -0.411. The van der Waals surface area contributed by atoms with Crippen LogP contribution in [-0.4, -0.2) is 48.6 Å². The highest BCUT2D eigenvalue weighted by Crippen LogP contribution is 2.22. The second-order valence-electron chi connectivity index (χ2n) is 3.69. The minimum Gasteiger partial charge on any atom is -0.370 e. The van der Waals surface area contributed by atoms with Gasteiger partial charge in [0.05, 0.1) is 5.54 Å². The van der Waals surface area contributed by atoms with Crippen molar-refractivity contribution in [2.24, 2.45) is 5.73 Å². The van der Waals surface area contributed by atoms with E-state index in [1.54, 1.807) is 11.9 Å². The Hall–Kier alpha value is -1.43. The molecule has 0 aromatic rings. The van der Waals surface area contributed by atoms with E-state index in [1.165, 1.54) is 0 Å². The lowest BCUT2D eigenvalue weighted by Gasteiger charge is -2.39. The molecule has 4 N–H and O–H groups in total. The Morgan fingerprint density at radius 2 is 2.07 bits per heavy atom. The maximum Gasteiger partial charge on any atom is 0.215 e. The lowest BCUT2D eigenvalue weighted by atomic mass is 9.84. The molecule has 1 rings (SSSR count). The van der Waals surface area contributed by atoms with Gasteiger partial charge in [0.2, 0.25) is 5.78 Å². The van der Waals surface area contributed by atoms with Crippen LogP contribution in [0, 0.1) is 5.41 Å². The molecular weight excluding hydrogens is 196 g/mol. The predicted octanol–water partition coefficient (Wildman–Crippen LogP) is -1.30. The van der Waals surface area contributed by atoms with Crippen molar-refractivity contribution in [3.8, 4) is 0 Å². The van der Waals surface area contributed by atoms with Crippen molar-refractivity contribution >= 4 is 18.0 Å². The zero-order valence-electron chi connectivity index (χ0n) is 8.75. The monoisotopic (exact) mass is 212 g/mol. The highest BCUT2D eigenvalue weighted by atomic mass is 16.2. The SMILES string of the molecule is CNC1(C(=O)C=O)CCN(C(=N)N)CC1. The molecule has 1 fully saturated rings. The van der Waals surface area contributed by atoms with Gasteiger partial charge in [0, 0.05) is 13.1 Å². The Balaban J connectivity index is 2.70. The van der Waals surface area contributed by atoms with E-state index < -0.39 is 11.3 Å². The van der Waals surface area contributed by atoms with Crippen LogP contribution in [0.15, 0.2) is 0 Å². The van der Waals surface area contributed by atoms with Gasteiger partial charge in [-0.1, -0.05) is 0 Å². The molecule has 0 atom stereocenters. The summed E-state index contributed by atoms with van der Waals surface area (Å²) in [6.45, 7) is 1.05. The van der Waals surface area contributed by atoms with Gasteiger partial charge in [0.15, 0.2) is 12.2 Å². The molecule has 0 saturated carbocycles. The van der Waals surface area contributed by atoms with E-state index in [9.17, 15) is 9.59 Å². The molecule has 15 heavy (non-hydrogen) atoms. The van der Waals surface area contributed by atoms with Crippen LogP contribution in [0.4, 0.5) is 0 Å². The number of carbonyl (C=O) groups is 2. The lowest BCUT2D eigenvalue weighted by molar-refractivity contribution is -0.135. The van der Waals surface area contributed by atoms with Crippen LogP contribution in [0.5, 0.6) is 0 Å². The first-order valence-electron chi connectivity index (χ1n) is 4.83. The third-order valence-corrected chi connectivity index (χ3v) is 3.01. The average Bonchev–Trinajstić information content (AvgIpc) is 2.27. The summed E-state index contributed by atoms with van der Waals surface area (Å²) in [6, 6.07) is 0. The zero-order chi connectivity index (χ0) is 11.5. The van der Waals surface area contributed by atoms with Gasteiger partial charge < -0.3 is 16.0 Å². The first-order chi connectivity index (χ1) is 7.05. The summed E-state index contributed by atoms with van der Waals surface area (Å²) < 4.78 is 0. The number of nitrogens with one attached hydrogen (secondary N) is 2. The zero-order valence-corrected chi connectivity index (χ0v) is 8.75. The number of nitrogens with two attached hydrogens (primary N) is 1. The Morgan fingerprint density at radius 1 is 1.53 bits per heavy atom. The maximum atomic E-state index is 11.5. The highest BCUT2D eigenvalue weighted by molar-refractivity contribution is 6.29. The summed E-state index contributed by atoms with van der Waals surface area (Å²) in [6.07, 6.45) is 1.36. The number of likely N-dealkylation sites (N-methyl/N-ethyl adjacent to an activating group) is 1. The number of hydrogen-bond donors (Lipinski definition) is 3. The number of ketones is 1.